The van der Waals surface area contributed by atoms with Crippen molar-refractivity contribution in [1.82, 2.24) is 0 Å². The van der Waals surface area contributed by atoms with E-state index in [1.54, 1.807) is 18.2 Å². The molecule has 0 radical (unpaired) electrons. The number of hydrogen-bond acceptors (Lipinski definition) is 3. The van der Waals surface area contributed by atoms with Crippen LogP contribution in [0.15, 0.2) is 42.5 Å². The van der Waals surface area contributed by atoms with E-state index in [1.165, 1.54) is 6.92 Å². The lowest BCUT2D eigenvalue weighted by molar-refractivity contribution is 0.101. The molecule has 2 aromatic rings. The van der Waals surface area contributed by atoms with Crippen LogP contribution < -0.4 is 4.74 Å². The van der Waals surface area contributed by atoms with Crippen molar-refractivity contribution in [1.29, 1.82) is 5.26 Å². The molecule has 19 heavy (non-hydrogen) atoms. The fourth-order valence-electron chi connectivity index (χ4n) is 1.62. The predicted octanol–water partition coefficient (Wildman–Crippen LogP) is 4.16. The molecular formula is C15H10INO2. The fourth-order valence-corrected chi connectivity index (χ4v) is 2.14. The van der Waals surface area contributed by atoms with E-state index in [4.69, 9.17) is 10.00 Å². The highest BCUT2D eigenvalue weighted by Crippen LogP contribution is 2.27. The molecule has 3 nitrogen and oxygen atoms in total. The van der Waals surface area contributed by atoms with Crippen molar-refractivity contribution >= 4 is 28.4 Å². The number of rotatable bonds is 3. The Morgan fingerprint density at radius 1 is 1.26 bits per heavy atom. The maximum Gasteiger partial charge on any atom is 0.163 e. The average Bonchev–Trinajstić information content (AvgIpc) is 2.38. The minimum Gasteiger partial charge on any atom is -0.457 e. The van der Waals surface area contributed by atoms with Gasteiger partial charge in [-0.15, -0.1) is 0 Å². The molecule has 0 saturated heterocycles. The van der Waals surface area contributed by atoms with Crippen LogP contribution in [0.1, 0.15) is 22.8 Å². The maximum absolute atomic E-state index is 11.6. The summed E-state index contributed by atoms with van der Waals surface area (Å²) in [5.41, 5.74) is 0.934. The van der Waals surface area contributed by atoms with Crippen LogP contribution in [0.2, 0.25) is 0 Å². The van der Waals surface area contributed by atoms with Crippen molar-refractivity contribution in [2.24, 2.45) is 0 Å². The summed E-state index contributed by atoms with van der Waals surface area (Å²) in [5, 5.41) is 8.91. The highest BCUT2D eigenvalue weighted by Gasteiger charge is 2.10. The lowest BCUT2D eigenvalue weighted by Gasteiger charge is -2.10. The molecule has 0 bridgehead atoms. The van der Waals surface area contributed by atoms with E-state index in [0.29, 0.717) is 22.6 Å². The van der Waals surface area contributed by atoms with Gasteiger partial charge in [0.15, 0.2) is 5.78 Å². The molecule has 0 saturated carbocycles. The first-order valence-electron chi connectivity index (χ1n) is 5.58. The topological polar surface area (TPSA) is 50.1 Å². The van der Waals surface area contributed by atoms with Crippen molar-refractivity contribution in [3.05, 3.63) is 57.2 Å². The van der Waals surface area contributed by atoms with Crippen LogP contribution in [0, 0.1) is 14.9 Å². The number of benzene rings is 2. The molecule has 0 spiro atoms. The first-order valence-corrected chi connectivity index (χ1v) is 6.66. The summed E-state index contributed by atoms with van der Waals surface area (Å²) in [4.78, 5) is 11.6. The first kappa shape index (κ1) is 13.6. The molecular weight excluding hydrogens is 353 g/mol. The van der Waals surface area contributed by atoms with Crippen LogP contribution in [0.5, 0.6) is 11.5 Å². The summed E-state index contributed by atoms with van der Waals surface area (Å²) in [7, 11) is 0. The summed E-state index contributed by atoms with van der Waals surface area (Å²) < 4.78 is 6.76. The first-order chi connectivity index (χ1) is 9.10. The van der Waals surface area contributed by atoms with Gasteiger partial charge in [0.25, 0.3) is 0 Å². The van der Waals surface area contributed by atoms with Gasteiger partial charge < -0.3 is 4.74 Å². The van der Waals surface area contributed by atoms with Gasteiger partial charge in [0.1, 0.15) is 11.5 Å². The maximum atomic E-state index is 11.6. The highest BCUT2D eigenvalue weighted by atomic mass is 127. The molecule has 4 heteroatoms. The van der Waals surface area contributed by atoms with E-state index in [2.05, 4.69) is 22.6 Å². The summed E-state index contributed by atoms with van der Waals surface area (Å²) >= 11 is 2.18. The van der Waals surface area contributed by atoms with E-state index in [9.17, 15) is 4.79 Å². The van der Waals surface area contributed by atoms with Gasteiger partial charge >= 0.3 is 0 Å². The number of halogens is 1. The third-order valence-corrected chi connectivity index (χ3v) is 3.18. The zero-order chi connectivity index (χ0) is 13.8. The Morgan fingerprint density at radius 3 is 2.68 bits per heavy atom. The summed E-state index contributed by atoms with van der Waals surface area (Å²) in [6.45, 7) is 1.48. The van der Waals surface area contributed by atoms with Crippen LogP contribution in [0.3, 0.4) is 0 Å². The van der Waals surface area contributed by atoms with E-state index < -0.39 is 0 Å². The largest absolute Gasteiger partial charge is 0.457 e. The van der Waals surface area contributed by atoms with Crippen LogP contribution in [0.25, 0.3) is 0 Å². The second-order valence-electron chi connectivity index (χ2n) is 3.94. The molecule has 0 fully saturated rings. The van der Waals surface area contributed by atoms with Crippen molar-refractivity contribution in [2.75, 3.05) is 0 Å². The fraction of sp³-hybridized carbons (Fsp3) is 0.0667. The molecule has 2 rings (SSSR count). The van der Waals surface area contributed by atoms with Crippen molar-refractivity contribution in [3.63, 3.8) is 0 Å². The Hall–Kier alpha value is -1.87. The molecule has 0 atom stereocenters. The van der Waals surface area contributed by atoms with Gasteiger partial charge in [0, 0.05) is 3.57 Å². The Bertz CT molecular complexity index is 674. The Morgan fingerprint density at radius 2 is 2.05 bits per heavy atom. The van der Waals surface area contributed by atoms with Gasteiger partial charge in [-0.25, -0.2) is 0 Å². The minimum atomic E-state index is -0.0925. The Labute approximate surface area is 125 Å². The third kappa shape index (κ3) is 3.32. The molecule has 0 aromatic heterocycles. The average molecular weight is 363 g/mol. The normalized spacial score (nSPS) is 9.74. The summed E-state index contributed by atoms with van der Waals surface area (Å²) in [5.74, 6) is 0.961. The van der Waals surface area contributed by atoms with E-state index in [-0.39, 0.29) is 5.78 Å². The summed E-state index contributed by atoms with van der Waals surface area (Å²) in [6.07, 6.45) is 0. The zero-order valence-electron chi connectivity index (χ0n) is 10.2. The zero-order valence-corrected chi connectivity index (χ0v) is 12.3. The SMILES string of the molecule is CC(=O)c1ccc(C#N)cc1Oc1cccc(I)c1. The molecule has 0 N–H and O–H groups in total. The van der Waals surface area contributed by atoms with Crippen molar-refractivity contribution in [3.8, 4) is 17.6 Å². The quantitative estimate of drug-likeness (QED) is 0.608. The number of nitrogens with zero attached hydrogens (tertiary/aromatic N) is 1. The molecule has 0 heterocycles. The Balaban J connectivity index is 2.43. The van der Waals surface area contributed by atoms with Crippen molar-refractivity contribution < 1.29 is 9.53 Å². The number of carbonyl (C=O) groups is 1. The smallest absolute Gasteiger partial charge is 0.163 e. The van der Waals surface area contributed by atoms with E-state index in [1.807, 2.05) is 30.3 Å². The number of nitriles is 1. The number of carbonyl (C=O) groups excluding carboxylic acids is 1. The van der Waals surface area contributed by atoms with E-state index >= 15 is 0 Å². The predicted molar refractivity (Wildman–Crippen MR) is 80.4 cm³/mol. The number of ketones is 1. The van der Waals surface area contributed by atoms with Crippen LogP contribution in [0.4, 0.5) is 0 Å². The number of ether oxygens (including phenoxy) is 1. The second kappa shape index (κ2) is 5.85. The van der Waals surface area contributed by atoms with E-state index in [0.717, 1.165) is 3.57 Å². The number of hydrogen-bond donors (Lipinski definition) is 0. The van der Waals surface area contributed by atoms with Crippen molar-refractivity contribution in [2.45, 2.75) is 6.92 Å². The van der Waals surface area contributed by atoms with Gasteiger partial charge in [-0.1, -0.05) is 6.07 Å². The minimum absolute atomic E-state index is 0.0925. The lowest BCUT2D eigenvalue weighted by atomic mass is 10.1. The molecule has 94 valence electrons. The molecule has 0 unspecified atom stereocenters. The standard InChI is InChI=1S/C15H10INO2/c1-10(18)14-6-5-11(9-17)7-15(14)19-13-4-2-3-12(16)8-13/h2-8H,1H3. The van der Waals surface area contributed by atoms with Crippen LogP contribution in [-0.4, -0.2) is 5.78 Å². The third-order valence-electron chi connectivity index (χ3n) is 2.51. The molecule has 0 aliphatic carbocycles. The molecule has 0 amide bonds. The molecule has 2 aromatic carbocycles. The molecule has 0 aliphatic rings. The van der Waals surface area contributed by atoms with Gasteiger partial charge in [0.05, 0.1) is 17.2 Å². The number of Topliss-reactive ketones (excluding diaryl/α,β-unsaturated/α-hetero) is 1. The van der Waals surface area contributed by atoms with Crippen LogP contribution in [-0.2, 0) is 0 Å². The summed E-state index contributed by atoms with van der Waals surface area (Å²) in [6, 6.07) is 14.3. The van der Waals surface area contributed by atoms with Gasteiger partial charge in [-0.05, 0) is 65.9 Å². The lowest BCUT2D eigenvalue weighted by Crippen LogP contribution is -1.97. The van der Waals surface area contributed by atoms with Gasteiger partial charge in [-0.3, -0.25) is 4.79 Å². The second-order valence-corrected chi connectivity index (χ2v) is 5.18. The monoisotopic (exact) mass is 363 g/mol. The van der Waals surface area contributed by atoms with Gasteiger partial charge in [0.2, 0.25) is 0 Å². The van der Waals surface area contributed by atoms with Crippen LogP contribution >= 0.6 is 22.6 Å². The van der Waals surface area contributed by atoms with Gasteiger partial charge in [-0.2, -0.15) is 5.26 Å². The highest BCUT2D eigenvalue weighted by molar-refractivity contribution is 14.1. The Kier molecular flexibility index (Phi) is 4.17. The molecule has 0 aliphatic heterocycles.